The van der Waals surface area contributed by atoms with E-state index in [1.165, 1.54) is 0 Å². The smallest absolute Gasteiger partial charge is 0.178 e. The summed E-state index contributed by atoms with van der Waals surface area (Å²) in [6.45, 7) is 0. The number of aromatic nitrogens is 1. The van der Waals surface area contributed by atoms with Gasteiger partial charge < -0.3 is 0 Å². The predicted molar refractivity (Wildman–Crippen MR) is 64.5 cm³/mol. The van der Waals surface area contributed by atoms with E-state index in [2.05, 4.69) is 20.9 Å². The van der Waals surface area contributed by atoms with E-state index < -0.39 is 0 Å². The second-order valence-corrected chi connectivity index (χ2v) is 4.33. The van der Waals surface area contributed by atoms with Crippen LogP contribution in [0, 0.1) is 0 Å². The van der Waals surface area contributed by atoms with E-state index in [0.29, 0.717) is 0 Å². The van der Waals surface area contributed by atoms with Crippen molar-refractivity contribution in [3.63, 3.8) is 0 Å². The highest BCUT2D eigenvalue weighted by atomic mass is 79.9. The summed E-state index contributed by atoms with van der Waals surface area (Å²) in [6.07, 6.45) is 4.62. The molecule has 1 aromatic heterocycles. The van der Waals surface area contributed by atoms with Gasteiger partial charge >= 0.3 is 0 Å². The Hall–Kier alpha value is -0.220. The van der Waals surface area contributed by atoms with Crippen molar-refractivity contribution in [1.29, 1.82) is 0 Å². The molecule has 1 aromatic rings. The minimum absolute atomic E-state index is 0. The maximum absolute atomic E-state index is 11.7. The first-order valence-electron chi connectivity index (χ1n) is 4.41. The topological polar surface area (TPSA) is 30.0 Å². The van der Waals surface area contributed by atoms with E-state index >= 15 is 0 Å². The van der Waals surface area contributed by atoms with Gasteiger partial charge in [-0.05, 0) is 31.4 Å². The number of aryl methyl sites for hydroxylation is 1. The van der Waals surface area contributed by atoms with Crippen LogP contribution < -0.4 is 0 Å². The van der Waals surface area contributed by atoms with E-state index in [1.807, 2.05) is 12.1 Å². The molecule has 2 rings (SSSR count). The number of alkyl halides is 1. The van der Waals surface area contributed by atoms with Gasteiger partial charge in [-0.1, -0.05) is 15.9 Å². The number of halogens is 2. The molecule has 1 atom stereocenters. The van der Waals surface area contributed by atoms with Crippen molar-refractivity contribution in [1.82, 2.24) is 4.98 Å². The van der Waals surface area contributed by atoms with Crippen LogP contribution in [0.25, 0.3) is 0 Å². The van der Waals surface area contributed by atoms with Crippen molar-refractivity contribution >= 4 is 38.7 Å². The summed E-state index contributed by atoms with van der Waals surface area (Å²) in [5, 5.41) is 0. The quantitative estimate of drug-likeness (QED) is 0.543. The average molecular weight is 321 g/mol. The summed E-state index contributed by atoms with van der Waals surface area (Å²) in [5.41, 5.74) is 1.75. The molecule has 1 aliphatic rings. The fourth-order valence-corrected chi connectivity index (χ4v) is 2.18. The van der Waals surface area contributed by atoms with E-state index in [4.69, 9.17) is 0 Å². The van der Waals surface area contributed by atoms with Crippen molar-refractivity contribution in [2.75, 3.05) is 0 Å². The number of Topliss-reactive ketones (excluding diaryl/α,β-unsaturated/α-hetero) is 1. The van der Waals surface area contributed by atoms with Crippen LogP contribution in [0.15, 0.2) is 18.3 Å². The van der Waals surface area contributed by atoms with Crippen LogP contribution in [0.2, 0.25) is 0 Å². The van der Waals surface area contributed by atoms with Crippen molar-refractivity contribution in [3.8, 4) is 0 Å². The third kappa shape index (κ3) is 2.23. The van der Waals surface area contributed by atoms with E-state index in [0.717, 1.165) is 30.5 Å². The van der Waals surface area contributed by atoms with Gasteiger partial charge in [0.1, 0.15) is 0 Å². The molecule has 0 aromatic carbocycles. The largest absolute Gasteiger partial charge is 0.293 e. The third-order valence-electron chi connectivity index (χ3n) is 2.31. The molecule has 0 radical (unpaired) electrons. The summed E-state index contributed by atoms with van der Waals surface area (Å²) in [7, 11) is 0. The van der Waals surface area contributed by atoms with Gasteiger partial charge in [0.15, 0.2) is 5.78 Å². The number of pyridine rings is 1. The van der Waals surface area contributed by atoms with Crippen LogP contribution in [0.3, 0.4) is 0 Å². The zero-order valence-electron chi connectivity index (χ0n) is 7.57. The number of nitrogens with zero attached hydrogens (tertiary/aromatic N) is 1. The van der Waals surface area contributed by atoms with E-state index in [1.54, 1.807) is 6.20 Å². The minimum Gasteiger partial charge on any atom is -0.293 e. The van der Waals surface area contributed by atoms with Gasteiger partial charge in [-0.3, -0.25) is 9.78 Å². The molecular weight excluding hydrogens is 310 g/mol. The maximum atomic E-state index is 11.7. The molecule has 1 unspecified atom stereocenters. The number of hydrogen-bond donors (Lipinski definition) is 0. The predicted octanol–water partition coefficient (Wildman–Crippen LogP) is 2.94. The SMILES string of the molecule is Br.O=C1c2cccnc2CCCC1Br. The van der Waals surface area contributed by atoms with Crippen molar-refractivity contribution < 1.29 is 4.79 Å². The first-order valence-corrected chi connectivity index (χ1v) is 5.33. The first-order chi connectivity index (χ1) is 6.29. The Kier molecular flexibility index (Phi) is 4.26. The van der Waals surface area contributed by atoms with Crippen LogP contribution in [0.1, 0.15) is 28.9 Å². The molecule has 0 N–H and O–H groups in total. The Morgan fingerprint density at radius 2 is 2.29 bits per heavy atom. The number of rotatable bonds is 0. The summed E-state index contributed by atoms with van der Waals surface area (Å²) in [6, 6.07) is 3.69. The molecular formula is C10H11Br2NO. The van der Waals surface area contributed by atoms with E-state index in [-0.39, 0.29) is 27.6 Å². The normalized spacial score (nSPS) is 20.6. The summed E-state index contributed by atoms with van der Waals surface area (Å²) in [5.74, 6) is 0.181. The van der Waals surface area contributed by atoms with E-state index in [9.17, 15) is 4.79 Å². The van der Waals surface area contributed by atoms with Gasteiger partial charge in [0.25, 0.3) is 0 Å². The Morgan fingerprint density at radius 3 is 3.07 bits per heavy atom. The number of carbonyl (C=O) groups excluding carboxylic acids is 1. The number of carbonyl (C=O) groups is 1. The second kappa shape index (κ2) is 5.03. The monoisotopic (exact) mass is 319 g/mol. The van der Waals surface area contributed by atoms with Gasteiger partial charge in [-0.2, -0.15) is 0 Å². The van der Waals surface area contributed by atoms with Crippen molar-refractivity contribution in [2.24, 2.45) is 0 Å². The number of ketones is 1. The van der Waals surface area contributed by atoms with Gasteiger partial charge in [0.05, 0.1) is 10.5 Å². The van der Waals surface area contributed by atoms with Gasteiger partial charge in [0.2, 0.25) is 0 Å². The standard InChI is InChI=1S/C10H10BrNO.BrH/c11-8-4-1-5-9-7(10(8)13)3-2-6-12-9;/h2-3,6,8H,1,4-5H2;1H. The number of fused-ring (bicyclic) bond motifs is 1. The summed E-state index contributed by atoms with van der Waals surface area (Å²) < 4.78 is 0. The molecule has 1 heterocycles. The Bertz CT molecular complexity index is 341. The number of hydrogen-bond acceptors (Lipinski definition) is 2. The zero-order chi connectivity index (χ0) is 9.26. The molecule has 76 valence electrons. The van der Waals surface area contributed by atoms with Crippen LogP contribution in [-0.2, 0) is 6.42 Å². The lowest BCUT2D eigenvalue weighted by Crippen LogP contribution is -2.13. The Balaban J connectivity index is 0.000000980. The zero-order valence-corrected chi connectivity index (χ0v) is 10.9. The van der Waals surface area contributed by atoms with Crippen molar-refractivity contribution in [3.05, 3.63) is 29.6 Å². The molecule has 0 saturated heterocycles. The molecule has 1 aliphatic carbocycles. The molecule has 0 saturated carbocycles. The molecule has 0 amide bonds. The van der Waals surface area contributed by atoms with Crippen molar-refractivity contribution in [2.45, 2.75) is 24.1 Å². The molecule has 4 heteroatoms. The summed E-state index contributed by atoms with van der Waals surface area (Å²) in [4.78, 5) is 16.0. The second-order valence-electron chi connectivity index (χ2n) is 3.22. The molecule has 0 spiro atoms. The summed E-state index contributed by atoms with van der Waals surface area (Å²) >= 11 is 3.40. The fraction of sp³-hybridized carbons (Fsp3) is 0.400. The van der Waals surface area contributed by atoms with Crippen LogP contribution in [0.5, 0.6) is 0 Å². The first kappa shape index (κ1) is 11.9. The van der Waals surface area contributed by atoms with Gasteiger partial charge in [0, 0.05) is 11.8 Å². The lowest BCUT2D eigenvalue weighted by Gasteiger charge is -2.04. The maximum Gasteiger partial charge on any atom is 0.178 e. The lowest BCUT2D eigenvalue weighted by atomic mass is 10.1. The van der Waals surface area contributed by atoms with Crippen LogP contribution in [0.4, 0.5) is 0 Å². The van der Waals surface area contributed by atoms with Gasteiger partial charge in [-0.15, -0.1) is 17.0 Å². The van der Waals surface area contributed by atoms with Crippen LogP contribution >= 0.6 is 32.9 Å². The molecule has 0 bridgehead atoms. The highest BCUT2D eigenvalue weighted by molar-refractivity contribution is 9.10. The molecule has 0 fully saturated rings. The highest BCUT2D eigenvalue weighted by Crippen LogP contribution is 2.23. The Morgan fingerprint density at radius 1 is 1.50 bits per heavy atom. The average Bonchev–Trinajstić information content (AvgIpc) is 2.29. The van der Waals surface area contributed by atoms with Crippen LogP contribution in [-0.4, -0.2) is 15.6 Å². The minimum atomic E-state index is -0.0158. The third-order valence-corrected chi connectivity index (χ3v) is 3.19. The Labute approximate surface area is 102 Å². The molecule has 2 nitrogen and oxygen atoms in total. The fourth-order valence-electron chi connectivity index (χ4n) is 1.61. The molecule has 14 heavy (non-hydrogen) atoms. The highest BCUT2D eigenvalue weighted by Gasteiger charge is 2.23. The lowest BCUT2D eigenvalue weighted by molar-refractivity contribution is 0.0990. The molecule has 0 aliphatic heterocycles. The van der Waals surface area contributed by atoms with Gasteiger partial charge in [-0.25, -0.2) is 0 Å².